The Labute approximate surface area is 159 Å². The van der Waals surface area contributed by atoms with Crippen LogP contribution in [0.1, 0.15) is 25.8 Å². The number of amides is 1. The van der Waals surface area contributed by atoms with Crippen molar-refractivity contribution in [2.45, 2.75) is 37.7 Å². The molecule has 2 heterocycles. The molecular formula is C17H19F3N2O3S2. The van der Waals surface area contributed by atoms with Gasteiger partial charge < -0.3 is 4.90 Å². The van der Waals surface area contributed by atoms with Crippen molar-refractivity contribution in [1.29, 1.82) is 0 Å². The van der Waals surface area contributed by atoms with Gasteiger partial charge in [-0.05, 0) is 18.1 Å². The average Bonchev–Trinajstić information content (AvgIpc) is 2.96. The molecule has 1 aromatic carbocycles. The summed E-state index contributed by atoms with van der Waals surface area (Å²) in [4.78, 5) is 17.5. The number of halogens is 3. The number of alkyl halides is 3. The number of thioether (sulfide) groups is 1. The third-order valence-electron chi connectivity index (χ3n) is 4.34. The van der Waals surface area contributed by atoms with Crippen LogP contribution in [0.5, 0.6) is 0 Å². The molecule has 0 saturated carbocycles. The lowest BCUT2D eigenvalue weighted by atomic mass is 10.1. The summed E-state index contributed by atoms with van der Waals surface area (Å²) in [6.45, 7) is 3.69. The van der Waals surface area contributed by atoms with Crippen molar-refractivity contribution in [3.8, 4) is 0 Å². The zero-order valence-electron chi connectivity index (χ0n) is 14.7. The quantitative estimate of drug-likeness (QED) is 0.750. The van der Waals surface area contributed by atoms with Crippen LogP contribution in [0.4, 0.5) is 18.9 Å². The van der Waals surface area contributed by atoms with E-state index in [0.717, 1.165) is 17.8 Å². The van der Waals surface area contributed by atoms with Crippen LogP contribution >= 0.6 is 11.8 Å². The zero-order valence-corrected chi connectivity index (χ0v) is 16.4. The lowest BCUT2D eigenvalue weighted by molar-refractivity contribution is -0.137. The minimum Gasteiger partial charge on any atom is -0.315 e. The molecule has 0 spiro atoms. The Hall–Kier alpha value is -1.55. The minimum absolute atomic E-state index is 0.0593. The monoisotopic (exact) mass is 420 g/mol. The second kappa shape index (κ2) is 7.12. The number of sulfone groups is 1. The van der Waals surface area contributed by atoms with Gasteiger partial charge in [0.2, 0.25) is 5.91 Å². The summed E-state index contributed by atoms with van der Waals surface area (Å²) in [6, 6.07) is 4.30. The number of carbonyl (C=O) groups is 1. The number of para-hydroxylation sites is 1. The molecule has 5 nitrogen and oxygen atoms in total. The Morgan fingerprint density at radius 2 is 1.96 bits per heavy atom. The number of carbonyl (C=O) groups excluding carboxylic acids is 1. The molecule has 2 aliphatic rings. The molecule has 0 aromatic heterocycles. The van der Waals surface area contributed by atoms with E-state index < -0.39 is 38.8 Å². The molecular weight excluding hydrogens is 401 g/mol. The molecule has 2 aliphatic heterocycles. The lowest BCUT2D eigenvalue weighted by Gasteiger charge is -2.27. The van der Waals surface area contributed by atoms with E-state index >= 15 is 0 Å². The maximum Gasteiger partial charge on any atom is 0.418 e. The molecule has 2 fully saturated rings. The molecule has 0 aliphatic carbocycles. The van der Waals surface area contributed by atoms with Crippen LogP contribution in [0.15, 0.2) is 29.3 Å². The maximum absolute atomic E-state index is 13.5. The number of aliphatic imine (C=N–C) groups is 1. The van der Waals surface area contributed by atoms with E-state index in [1.807, 2.05) is 13.8 Å². The van der Waals surface area contributed by atoms with E-state index in [4.69, 9.17) is 0 Å². The van der Waals surface area contributed by atoms with Crippen molar-refractivity contribution < 1.29 is 26.4 Å². The molecule has 0 N–H and O–H groups in total. The third kappa shape index (κ3) is 4.31. The van der Waals surface area contributed by atoms with Gasteiger partial charge in [0.25, 0.3) is 0 Å². The van der Waals surface area contributed by atoms with E-state index in [9.17, 15) is 26.4 Å². The molecule has 27 heavy (non-hydrogen) atoms. The van der Waals surface area contributed by atoms with E-state index in [2.05, 4.69) is 4.99 Å². The van der Waals surface area contributed by atoms with Gasteiger partial charge in [0.15, 0.2) is 15.0 Å². The zero-order chi connectivity index (χ0) is 20.0. The van der Waals surface area contributed by atoms with E-state index in [1.54, 1.807) is 0 Å². The number of rotatable bonds is 3. The summed E-state index contributed by atoms with van der Waals surface area (Å²) in [5, 5.41) is -0.302. The number of benzene rings is 1. The summed E-state index contributed by atoms with van der Waals surface area (Å²) >= 11 is 1.07. The molecule has 10 heteroatoms. The van der Waals surface area contributed by atoms with Gasteiger partial charge in [-0.25, -0.2) is 8.42 Å². The highest BCUT2D eigenvalue weighted by Gasteiger charge is 2.51. The summed E-state index contributed by atoms with van der Waals surface area (Å²) in [5.41, 5.74) is -1.04. The van der Waals surface area contributed by atoms with Crippen molar-refractivity contribution in [2.75, 3.05) is 16.4 Å². The van der Waals surface area contributed by atoms with E-state index in [1.165, 1.54) is 23.1 Å². The van der Waals surface area contributed by atoms with Crippen molar-refractivity contribution in [3.05, 3.63) is 29.8 Å². The summed E-state index contributed by atoms with van der Waals surface area (Å²) in [7, 11) is -3.35. The Kier molecular flexibility index (Phi) is 5.33. The van der Waals surface area contributed by atoms with Gasteiger partial charge >= 0.3 is 6.18 Å². The largest absolute Gasteiger partial charge is 0.418 e. The molecule has 2 saturated heterocycles. The normalized spacial score (nSPS) is 26.0. The van der Waals surface area contributed by atoms with E-state index in [-0.39, 0.29) is 34.7 Å². The van der Waals surface area contributed by atoms with Crippen LogP contribution in [0, 0.1) is 5.92 Å². The first-order valence-corrected chi connectivity index (χ1v) is 11.1. The number of hydrogen-bond acceptors (Lipinski definition) is 4. The molecule has 2 atom stereocenters. The Balaban J connectivity index is 2.07. The molecule has 0 bridgehead atoms. The van der Waals surface area contributed by atoms with Crippen LogP contribution in [-0.2, 0) is 20.8 Å². The second-order valence-corrected chi connectivity index (χ2v) is 10.4. The number of hydrogen-bond donors (Lipinski definition) is 0. The second-order valence-electron chi connectivity index (χ2n) is 7.07. The molecule has 148 valence electrons. The van der Waals surface area contributed by atoms with E-state index in [0.29, 0.717) is 0 Å². The molecule has 3 rings (SSSR count). The fraction of sp³-hybridized carbons (Fsp3) is 0.529. The highest BCUT2D eigenvalue weighted by molar-refractivity contribution is 8.16. The minimum atomic E-state index is -4.61. The summed E-state index contributed by atoms with van der Waals surface area (Å²) < 4.78 is 64.5. The number of nitrogens with zero attached hydrogens (tertiary/aromatic N) is 2. The van der Waals surface area contributed by atoms with Gasteiger partial charge in [0.1, 0.15) is 0 Å². The first-order chi connectivity index (χ1) is 12.5. The highest BCUT2D eigenvalue weighted by atomic mass is 32.2. The molecule has 1 aromatic rings. The van der Waals surface area contributed by atoms with Crippen LogP contribution < -0.4 is 4.90 Å². The first kappa shape index (κ1) is 20.2. The van der Waals surface area contributed by atoms with Gasteiger partial charge in [-0.15, -0.1) is 0 Å². The topological polar surface area (TPSA) is 66.8 Å². The Morgan fingerprint density at radius 1 is 1.30 bits per heavy atom. The maximum atomic E-state index is 13.5. The number of fused-ring (bicyclic) bond motifs is 1. The van der Waals surface area contributed by atoms with Crippen molar-refractivity contribution in [2.24, 2.45) is 10.9 Å². The summed E-state index contributed by atoms with van der Waals surface area (Å²) in [6.07, 6.45) is -4.43. The fourth-order valence-corrected chi connectivity index (χ4v) is 7.20. The first-order valence-electron chi connectivity index (χ1n) is 8.42. The van der Waals surface area contributed by atoms with Gasteiger partial charge in [0.05, 0.1) is 28.8 Å². The van der Waals surface area contributed by atoms with Gasteiger partial charge in [-0.2, -0.15) is 18.2 Å². The predicted octanol–water partition coefficient (Wildman–Crippen LogP) is 3.35. The predicted molar refractivity (Wildman–Crippen MR) is 99.6 cm³/mol. The highest BCUT2D eigenvalue weighted by Crippen LogP contribution is 2.45. The van der Waals surface area contributed by atoms with Crippen LogP contribution in [0.2, 0.25) is 0 Å². The van der Waals surface area contributed by atoms with Gasteiger partial charge in [-0.1, -0.05) is 37.7 Å². The van der Waals surface area contributed by atoms with Gasteiger partial charge in [0, 0.05) is 11.7 Å². The Morgan fingerprint density at radius 3 is 2.59 bits per heavy atom. The number of amidine groups is 1. The van der Waals surface area contributed by atoms with Crippen LogP contribution in [-0.4, -0.2) is 42.3 Å². The SMILES string of the molecule is CC(C)CC(=O)N=C1S[C@H]2CS(=O)(=O)C[C@H]2N1c1ccccc1C(F)(F)F. The van der Waals surface area contributed by atoms with Crippen LogP contribution in [0.25, 0.3) is 0 Å². The van der Waals surface area contributed by atoms with Crippen molar-refractivity contribution in [3.63, 3.8) is 0 Å². The fourth-order valence-electron chi connectivity index (χ4n) is 3.27. The van der Waals surface area contributed by atoms with Gasteiger partial charge in [-0.3, -0.25) is 4.79 Å². The summed E-state index contributed by atoms with van der Waals surface area (Å²) in [5.74, 6) is -0.757. The average molecular weight is 420 g/mol. The standard InChI is InChI=1S/C17H19F3N2O3S2/c1-10(2)7-15(23)21-16-22(13-8-27(24,25)9-14(13)26-16)12-6-4-3-5-11(12)17(18,19)20/h3-6,10,13-14H,7-9H2,1-2H3/t13-,14+/m1/s1. The smallest absolute Gasteiger partial charge is 0.315 e. The van der Waals surface area contributed by atoms with Crippen molar-refractivity contribution >= 4 is 38.4 Å². The van der Waals surface area contributed by atoms with Crippen molar-refractivity contribution in [1.82, 2.24) is 0 Å². The molecule has 1 amide bonds. The Bertz CT molecular complexity index is 882. The van der Waals surface area contributed by atoms with Crippen LogP contribution in [0.3, 0.4) is 0 Å². The third-order valence-corrected chi connectivity index (χ3v) is 7.55. The molecule has 0 radical (unpaired) electrons. The molecule has 0 unspecified atom stereocenters. The lowest BCUT2D eigenvalue weighted by Crippen LogP contribution is -2.39. The number of anilines is 1.